The van der Waals surface area contributed by atoms with Gasteiger partial charge in [0.1, 0.15) is 18.2 Å². The second-order valence-corrected chi connectivity index (χ2v) is 6.14. The van der Waals surface area contributed by atoms with E-state index in [4.69, 9.17) is 16.3 Å². The SMILES string of the molecule is CCn1c(COc2ccc3ccccc3c2)nc2cc(Cl)ccc21. The topological polar surface area (TPSA) is 27.1 Å². The first-order valence-electron chi connectivity index (χ1n) is 8.01. The number of hydrogen-bond acceptors (Lipinski definition) is 2. The van der Waals surface area contributed by atoms with Crippen molar-refractivity contribution in [3.63, 3.8) is 0 Å². The van der Waals surface area contributed by atoms with Crippen molar-refractivity contribution >= 4 is 33.4 Å². The molecule has 0 saturated heterocycles. The van der Waals surface area contributed by atoms with Crippen LogP contribution < -0.4 is 4.74 Å². The van der Waals surface area contributed by atoms with Gasteiger partial charge in [0.2, 0.25) is 0 Å². The fraction of sp³-hybridized carbons (Fsp3) is 0.150. The van der Waals surface area contributed by atoms with Gasteiger partial charge in [-0.2, -0.15) is 0 Å². The molecule has 0 radical (unpaired) electrons. The van der Waals surface area contributed by atoms with Crippen molar-refractivity contribution in [2.75, 3.05) is 0 Å². The van der Waals surface area contributed by atoms with Crippen LogP contribution in [0.1, 0.15) is 12.7 Å². The minimum Gasteiger partial charge on any atom is -0.486 e. The van der Waals surface area contributed by atoms with Crippen LogP contribution in [0.2, 0.25) is 5.02 Å². The first kappa shape index (κ1) is 15.0. The molecule has 1 aromatic heterocycles. The summed E-state index contributed by atoms with van der Waals surface area (Å²) in [6.45, 7) is 3.38. The molecule has 24 heavy (non-hydrogen) atoms. The van der Waals surface area contributed by atoms with Crippen LogP contribution in [-0.2, 0) is 13.2 Å². The summed E-state index contributed by atoms with van der Waals surface area (Å²) in [7, 11) is 0. The van der Waals surface area contributed by atoms with Gasteiger partial charge in [0, 0.05) is 11.6 Å². The Bertz CT molecular complexity index is 1020. The second kappa shape index (κ2) is 6.17. The molecule has 120 valence electrons. The average molecular weight is 337 g/mol. The van der Waals surface area contributed by atoms with Gasteiger partial charge in [-0.15, -0.1) is 0 Å². The molecule has 0 amide bonds. The van der Waals surface area contributed by atoms with Gasteiger partial charge in [0.05, 0.1) is 11.0 Å². The largest absolute Gasteiger partial charge is 0.486 e. The highest BCUT2D eigenvalue weighted by atomic mass is 35.5. The van der Waals surface area contributed by atoms with Crippen LogP contribution in [0.15, 0.2) is 60.7 Å². The molecule has 0 atom stereocenters. The number of halogens is 1. The van der Waals surface area contributed by atoms with E-state index in [0.29, 0.717) is 11.6 Å². The van der Waals surface area contributed by atoms with E-state index >= 15 is 0 Å². The van der Waals surface area contributed by atoms with Crippen molar-refractivity contribution in [3.05, 3.63) is 71.5 Å². The summed E-state index contributed by atoms with van der Waals surface area (Å²) < 4.78 is 8.15. The van der Waals surface area contributed by atoms with Gasteiger partial charge < -0.3 is 9.30 Å². The fourth-order valence-electron chi connectivity index (χ4n) is 3.02. The van der Waals surface area contributed by atoms with Gasteiger partial charge in [-0.25, -0.2) is 4.98 Å². The number of aromatic nitrogens is 2. The van der Waals surface area contributed by atoms with E-state index in [2.05, 4.69) is 40.7 Å². The van der Waals surface area contributed by atoms with Gasteiger partial charge in [-0.1, -0.05) is 41.9 Å². The maximum atomic E-state index is 6.07. The Morgan fingerprint density at radius 2 is 1.83 bits per heavy atom. The Hall–Kier alpha value is -2.52. The number of rotatable bonds is 4. The zero-order valence-corrected chi connectivity index (χ0v) is 14.1. The molecule has 0 fully saturated rings. The van der Waals surface area contributed by atoms with Gasteiger partial charge in [0.25, 0.3) is 0 Å². The van der Waals surface area contributed by atoms with Crippen LogP contribution in [0.5, 0.6) is 5.75 Å². The zero-order chi connectivity index (χ0) is 16.5. The predicted octanol–water partition coefficient (Wildman–Crippen LogP) is 5.44. The maximum absolute atomic E-state index is 6.07. The summed E-state index contributed by atoms with van der Waals surface area (Å²) in [6, 6.07) is 20.2. The molecule has 3 aromatic carbocycles. The average Bonchev–Trinajstić information content (AvgIpc) is 2.96. The van der Waals surface area contributed by atoms with Crippen molar-refractivity contribution in [3.8, 4) is 5.75 Å². The first-order valence-corrected chi connectivity index (χ1v) is 8.38. The second-order valence-electron chi connectivity index (χ2n) is 5.70. The predicted molar refractivity (Wildman–Crippen MR) is 98.7 cm³/mol. The number of aryl methyl sites for hydroxylation is 1. The maximum Gasteiger partial charge on any atom is 0.147 e. The Balaban J connectivity index is 1.63. The third-order valence-corrected chi connectivity index (χ3v) is 4.43. The normalized spacial score (nSPS) is 11.2. The first-order chi connectivity index (χ1) is 11.7. The smallest absolute Gasteiger partial charge is 0.147 e. The van der Waals surface area contributed by atoms with E-state index in [1.54, 1.807) is 0 Å². The van der Waals surface area contributed by atoms with Gasteiger partial charge >= 0.3 is 0 Å². The van der Waals surface area contributed by atoms with Crippen LogP contribution in [-0.4, -0.2) is 9.55 Å². The van der Waals surface area contributed by atoms with E-state index in [-0.39, 0.29) is 0 Å². The lowest BCUT2D eigenvalue weighted by Crippen LogP contribution is -2.05. The molecule has 1 heterocycles. The number of benzene rings is 3. The molecule has 4 heteroatoms. The number of nitrogens with zero attached hydrogens (tertiary/aromatic N) is 2. The van der Waals surface area contributed by atoms with Crippen molar-refractivity contribution in [2.24, 2.45) is 0 Å². The highest BCUT2D eigenvalue weighted by molar-refractivity contribution is 6.31. The van der Waals surface area contributed by atoms with E-state index in [1.165, 1.54) is 10.8 Å². The highest BCUT2D eigenvalue weighted by Gasteiger charge is 2.10. The van der Waals surface area contributed by atoms with Crippen LogP contribution >= 0.6 is 11.6 Å². The molecule has 0 bridgehead atoms. The quantitative estimate of drug-likeness (QED) is 0.496. The molecule has 0 spiro atoms. The molecular weight excluding hydrogens is 320 g/mol. The molecule has 4 rings (SSSR count). The van der Waals surface area contributed by atoms with Crippen molar-refractivity contribution in [1.29, 1.82) is 0 Å². The lowest BCUT2D eigenvalue weighted by Gasteiger charge is -2.09. The number of imidazole rings is 1. The lowest BCUT2D eigenvalue weighted by molar-refractivity contribution is 0.291. The fourth-order valence-corrected chi connectivity index (χ4v) is 3.19. The third kappa shape index (κ3) is 2.72. The van der Waals surface area contributed by atoms with Gasteiger partial charge in [0.15, 0.2) is 0 Å². The van der Waals surface area contributed by atoms with Crippen LogP contribution in [0, 0.1) is 0 Å². The number of hydrogen-bond donors (Lipinski definition) is 0. The molecule has 3 nitrogen and oxygen atoms in total. The summed E-state index contributed by atoms with van der Waals surface area (Å²) in [5.41, 5.74) is 1.99. The minimum absolute atomic E-state index is 0.429. The molecular formula is C20H17ClN2O. The standard InChI is InChI=1S/C20H17ClN2O/c1-2-23-19-10-8-16(21)12-18(19)22-20(23)13-24-17-9-7-14-5-3-4-6-15(14)11-17/h3-12H,2,13H2,1H3. The minimum atomic E-state index is 0.429. The van der Waals surface area contributed by atoms with Crippen LogP contribution in [0.25, 0.3) is 21.8 Å². The third-order valence-electron chi connectivity index (χ3n) is 4.19. The molecule has 0 aliphatic rings. The number of ether oxygens (including phenoxy) is 1. The molecule has 0 N–H and O–H groups in total. The van der Waals surface area contributed by atoms with E-state index in [9.17, 15) is 0 Å². The molecule has 0 aliphatic heterocycles. The van der Waals surface area contributed by atoms with E-state index in [0.717, 1.165) is 29.2 Å². The number of fused-ring (bicyclic) bond motifs is 2. The monoisotopic (exact) mass is 336 g/mol. The Labute approximate surface area is 145 Å². The molecule has 0 unspecified atom stereocenters. The Morgan fingerprint density at radius 3 is 2.67 bits per heavy atom. The highest BCUT2D eigenvalue weighted by Crippen LogP contribution is 2.24. The van der Waals surface area contributed by atoms with Crippen molar-refractivity contribution in [1.82, 2.24) is 9.55 Å². The van der Waals surface area contributed by atoms with Crippen molar-refractivity contribution < 1.29 is 4.74 Å². The van der Waals surface area contributed by atoms with Gasteiger partial charge in [-0.05, 0) is 48.0 Å². The van der Waals surface area contributed by atoms with E-state index < -0.39 is 0 Å². The van der Waals surface area contributed by atoms with Crippen LogP contribution in [0.3, 0.4) is 0 Å². The lowest BCUT2D eigenvalue weighted by atomic mass is 10.1. The summed E-state index contributed by atoms with van der Waals surface area (Å²) in [5.74, 6) is 1.75. The molecule has 4 aromatic rings. The summed E-state index contributed by atoms with van der Waals surface area (Å²) in [6.07, 6.45) is 0. The molecule has 0 aliphatic carbocycles. The van der Waals surface area contributed by atoms with E-state index in [1.807, 2.05) is 36.4 Å². The van der Waals surface area contributed by atoms with Gasteiger partial charge in [-0.3, -0.25) is 0 Å². The van der Waals surface area contributed by atoms with Crippen LogP contribution in [0.4, 0.5) is 0 Å². The van der Waals surface area contributed by atoms with Crippen molar-refractivity contribution in [2.45, 2.75) is 20.1 Å². The Morgan fingerprint density at radius 1 is 1.00 bits per heavy atom. The summed E-state index contributed by atoms with van der Waals surface area (Å²) in [5, 5.41) is 3.08. The molecule has 0 saturated carbocycles. The summed E-state index contributed by atoms with van der Waals surface area (Å²) >= 11 is 6.07. The Kier molecular flexibility index (Phi) is 3.87. The zero-order valence-electron chi connectivity index (χ0n) is 13.4. The summed E-state index contributed by atoms with van der Waals surface area (Å²) in [4.78, 5) is 4.68.